The number of benzene rings is 3. The van der Waals surface area contributed by atoms with Gasteiger partial charge in [0.15, 0.2) is 5.70 Å². The summed E-state index contributed by atoms with van der Waals surface area (Å²) < 4.78 is 23.1. The van der Waals surface area contributed by atoms with Gasteiger partial charge in [0.2, 0.25) is 8.32 Å². The van der Waals surface area contributed by atoms with Crippen LogP contribution in [0.15, 0.2) is 84.3 Å². The van der Waals surface area contributed by atoms with Crippen LogP contribution in [0.5, 0.6) is 11.5 Å². The van der Waals surface area contributed by atoms with Gasteiger partial charge in [0.05, 0.1) is 32.8 Å². The van der Waals surface area contributed by atoms with E-state index in [2.05, 4.69) is 38.8 Å². The quantitative estimate of drug-likeness (QED) is 0.110. The zero-order valence-corrected chi connectivity index (χ0v) is 26.9. The molecule has 3 aromatic carbocycles. The topological polar surface area (TPSA) is 104 Å². The maximum absolute atomic E-state index is 13.7. The summed E-state index contributed by atoms with van der Waals surface area (Å²) in [6.45, 7) is 10.9. The first-order valence-corrected chi connectivity index (χ1v) is 16.8. The van der Waals surface area contributed by atoms with Crippen molar-refractivity contribution in [2.45, 2.75) is 45.1 Å². The number of esters is 1. The molecule has 0 aliphatic carbocycles. The van der Waals surface area contributed by atoms with Crippen LogP contribution in [0.4, 0.5) is 17.1 Å². The van der Waals surface area contributed by atoms with Crippen LogP contribution < -0.4 is 19.3 Å². The van der Waals surface area contributed by atoms with E-state index in [0.29, 0.717) is 22.9 Å². The van der Waals surface area contributed by atoms with Gasteiger partial charge in [-0.2, -0.15) is 0 Å². The molecule has 0 saturated heterocycles. The standard InChI is InChI=1S/C32H39N3O7Si/c1-32(2,3)43(7,8)42-28-21-33(23-13-17-26(39-4)18-14-23)30(22-9-11-25(12-10-22)35(37)38)34(29(28)31(36)41-6)24-15-19-27(40-5)20-16-24/h9-20,30H,21H2,1-8H3. The molecule has 0 bridgehead atoms. The van der Waals surface area contributed by atoms with E-state index in [0.717, 1.165) is 11.3 Å². The van der Waals surface area contributed by atoms with E-state index in [4.69, 9.17) is 18.6 Å². The summed E-state index contributed by atoms with van der Waals surface area (Å²) in [6, 6.07) is 21.3. The van der Waals surface area contributed by atoms with E-state index in [9.17, 15) is 14.9 Å². The van der Waals surface area contributed by atoms with E-state index in [1.807, 2.05) is 53.4 Å². The first kappa shape index (κ1) is 31.4. The second kappa shape index (κ2) is 12.4. The number of rotatable bonds is 9. The van der Waals surface area contributed by atoms with Gasteiger partial charge in [-0.25, -0.2) is 4.79 Å². The van der Waals surface area contributed by atoms with Gasteiger partial charge in [-0.05, 0) is 84.4 Å². The van der Waals surface area contributed by atoms with Crippen molar-refractivity contribution in [1.82, 2.24) is 0 Å². The molecule has 0 N–H and O–H groups in total. The minimum Gasteiger partial charge on any atom is -0.544 e. The Kier molecular flexibility index (Phi) is 9.05. The molecule has 1 heterocycles. The molecular weight excluding hydrogens is 566 g/mol. The first-order valence-electron chi connectivity index (χ1n) is 13.9. The summed E-state index contributed by atoms with van der Waals surface area (Å²) >= 11 is 0. The molecule has 10 nitrogen and oxygen atoms in total. The predicted octanol–water partition coefficient (Wildman–Crippen LogP) is 7.04. The summed E-state index contributed by atoms with van der Waals surface area (Å²) in [6.07, 6.45) is -0.608. The number of carbonyl (C=O) groups excluding carboxylic acids is 1. The van der Waals surface area contributed by atoms with E-state index < -0.39 is 25.4 Å². The van der Waals surface area contributed by atoms with Crippen molar-refractivity contribution >= 4 is 31.3 Å². The Morgan fingerprint density at radius 3 is 1.81 bits per heavy atom. The molecule has 1 aliphatic rings. The van der Waals surface area contributed by atoms with Crippen molar-refractivity contribution in [3.63, 3.8) is 0 Å². The number of hydrogen-bond acceptors (Lipinski definition) is 9. The molecule has 0 amide bonds. The second-order valence-electron chi connectivity index (χ2n) is 11.7. The minimum atomic E-state index is -2.44. The van der Waals surface area contributed by atoms with Crippen LogP contribution in [0.3, 0.4) is 0 Å². The zero-order chi connectivity index (χ0) is 31.5. The average molecular weight is 606 g/mol. The van der Waals surface area contributed by atoms with E-state index >= 15 is 0 Å². The molecule has 3 aromatic rings. The summed E-state index contributed by atoms with van der Waals surface area (Å²) in [5.74, 6) is 1.29. The van der Waals surface area contributed by atoms with Crippen LogP contribution in [0.1, 0.15) is 32.5 Å². The minimum absolute atomic E-state index is 0.0303. The highest BCUT2D eigenvalue weighted by Crippen LogP contribution is 2.45. The number of anilines is 2. The molecule has 228 valence electrons. The highest BCUT2D eigenvalue weighted by molar-refractivity contribution is 6.74. The van der Waals surface area contributed by atoms with Crippen LogP contribution in [0.25, 0.3) is 0 Å². The molecule has 43 heavy (non-hydrogen) atoms. The fourth-order valence-corrected chi connectivity index (χ4v) is 5.76. The third kappa shape index (κ3) is 6.46. The normalized spacial score (nSPS) is 15.7. The number of nitrogens with zero attached hydrogens (tertiary/aromatic N) is 3. The maximum Gasteiger partial charge on any atom is 0.358 e. The maximum atomic E-state index is 13.7. The molecule has 0 aromatic heterocycles. The SMILES string of the molecule is COC(=O)C1=C(O[Si](C)(C)C(C)(C)C)CN(c2ccc(OC)cc2)C(c2ccc([N+](=O)[O-])cc2)N1c1ccc(OC)cc1. The van der Waals surface area contributed by atoms with Gasteiger partial charge in [-0.1, -0.05) is 20.8 Å². The number of methoxy groups -OCH3 is 3. The van der Waals surface area contributed by atoms with Crippen molar-refractivity contribution in [3.8, 4) is 11.5 Å². The molecule has 0 fully saturated rings. The number of carbonyl (C=O) groups is 1. The zero-order valence-electron chi connectivity index (χ0n) is 25.9. The highest BCUT2D eigenvalue weighted by Gasteiger charge is 2.45. The molecule has 4 rings (SSSR count). The summed E-state index contributed by atoms with van der Waals surface area (Å²) in [5.41, 5.74) is 2.48. The van der Waals surface area contributed by atoms with Crippen LogP contribution in [0, 0.1) is 10.1 Å². The lowest BCUT2D eigenvalue weighted by Crippen LogP contribution is -2.52. The fraction of sp³-hybridized carbons (Fsp3) is 0.344. The Hall–Kier alpha value is -4.51. The lowest BCUT2D eigenvalue weighted by Gasteiger charge is -2.49. The number of ether oxygens (including phenoxy) is 3. The van der Waals surface area contributed by atoms with Gasteiger partial charge < -0.3 is 28.4 Å². The fourth-order valence-electron chi connectivity index (χ4n) is 4.68. The lowest BCUT2D eigenvalue weighted by atomic mass is 10.0. The predicted molar refractivity (Wildman–Crippen MR) is 169 cm³/mol. The number of nitro groups is 1. The monoisotopic (exact) mass is 605 g/mol. The first-order chi connectivity index (χ1) is 20.3. The van der Waals surface area contributed by atoms with Crippen molar-refractivity contribution in [1.29, 1.82) is 0 Å². The van der Waals surface area contributed by atoms with Crippen molar-refractivity contribution in [2.75, 3.05) is 37.7 Å². The Balaban J connectivity index is 2.04. The number of hydrogen-bond donors (Lipinski definition) is 0. The molecule has 1 unspecified atom stereocenters. The van der Waals surface area contributed by atoms with Crippen LogP contribution in [-0.4, -0.2) is 47.1 Å². The molecule has 11 heteroatoms. The van der Waals surface area contributed by atoms with Gasteiger partial charge in [0.25, 0.3) is 5.69 Å². The largest absolute Gasteiger partial charge is 0.544 e. The molecular formula is C32H39N3O7Si. The van der Waals surface area contributed by atoms with Gasteiger partial charge >= 0.3 is 5.97 Å². The Bertz CT molecular complexity index is 1480. The number of non-ortho nitro benzene ring substituents is 1. The van der Waals surface area contributed by atoms with E-state index in [-0.39, 0.29) is 23.0 Å². The summed E-state index contributed by atoms with van der Waals surface area (Å²) in [4.78, 5) is 28.8. The summed E-state index contributed by atoms with van der Waals surface area (Å²) in [7, 11) is 2.11. The number of nitro benzene ring substituents is 1. The van der Waals surface area contributed by atoms with Crippen molar-refractivity contribution in [3.05, 3.63) is 99.9 Å². The Labute approximate surface area is 253 Å². The van der Waals surface area contributed by atoms with Gasteiger partial charge in [-0.15, -0.1) is 0 Å². The van der Waals surface area contributed by atoms with Crippen LogP contribution >= 0.6 is 0 Å². The molecule has 1 atom stereocenters. The summed E-state index contributed by atoms with van der Waals surface area (Å²) in [5, 5.41) is 11.4. The van der Waals surface area contributed by atoms with Gasteiger partial charge in [-0.3, -0.25) is 10.1 Å². The van der Waals surface area contributed by atoms with Crippen LogP contribution in [-0.2, 0) is 14.0 Å². The van der Waals surface area contributed by atoms with E-state index in [1.54, 1.807) is 26.4 Å². The third-order valence-corrected chi connectivity index (χ3v) is 12.4. The third-order valence-electron chi connectivity index (χ3n) is 8.08. The Morgan fingerprint density at radius 2 is 1.37 bits per heavy atom. The smallest absolute Gasteiger partial charge is 0.358 e. The van der Waals surface area contributed by atoms with Crippen molar-refractivity contribution in [2.24, 2.45) is 0 Å². The van der Waals surface area contributed by atoms with E-state index in [1.165, 1.54) is 19.2 Å². The molecule has 0 saturated carbocycles. The van der Waals surface area contributed by atoms with Crippen molar-refractivity contribution < 1.29 is 28.4 Å². The molecule has 0 spiro atoms. The second-order valence-corrected chi connectivity index (χ2v) is 16.5. The average Bonchev–Trinajstić information content (AvgIpc) is 2.99. The Morgan fingerprint density at radius 1 is 0.860 bits per heavy atom. The van der Waals surface area contributed by atoms with Crippen LogP contribution in [0.2, 0.25) is 18.1 Å². The lowest BCUT2D eigenvalue weighted by molar-refractivity contribution is -0.384. The van der Waals surface area contributed by atoms with Gasteiger partial charge in [0.1, 0.15) is 23.4 Å². The molecule has 1 aliphatic heterocycles. The highest BCUT2D eigenvalue weighted by atomic mass is 28.4. The van der Waals surface area contributed by atoms with Gasteiger partial charge in [0, 0.05) is 23.5 Å². The molecule has 0 radical (unpaired) electrons.